The molecule has 0 spiro atoms. The van der Waals surface area contributed by atoms with Gasteiger partial charge in [0.05, 0.1) is 0 Å². The summed E-state index contributed by atoms with van der Waals surface area (Å²) in [5, 5.41) is 0.982. The maximum Gasteiger partial charge on any atom is 0.248 e. The second-order valence-corrected chi connectivity index (χ2v) is 6.37. The standard InChI is InChI=1S/C17H20N6O/c1-17(2,3)23-22-15-13(18)16(21-10-20-15)24-12-8-4-6-11-7-5-9-19-14(11)12/h4-10,23H,18H2,1-3H3,(H,20,21,22). The van der Waals surface area contributed by atoms with Gasteiger partial charge in [0.15, 0.2) is 11.6 Å². The summed E-state index contributed by atoms with van der Waals surface area (Å²) in [7, 11) is 0. The van der Waals surface area contributed by atoms with Crippen LogP contribution < -0.4 is 21.3 Å². The molecule has 0 saturated heterocycles. The third-order valence-electron chi connectivity index (χ3n) is 3.21. The minimum Gasteiger partial charge on any atom is -0.435 e. The number of hydrazine groups is 1. The molecule has 0 aliphatic rings. The van der Waals surface area contributed by atoms with Gasteiger partial charge in [0.2, 0.25) is 5.88 Å². The number of benzene rings is 1. The number of ether oxygens (including phenoxy) is 1. The Balaban J connectivity index is 1.90. The van der Waals surface area contributed by atoms with Crippen LogP contribution in [0.4, 0.5) is 11.5 Å². The number of nitrogens with zero attached hydrogens (tertiary/aromatic N) is 3. The van der Waals surface area contributed by atoms with Crippen molar-refractivity contribution in [1.82, 2.24) is 20.4 Å². The van der Waals surface area contributed by atoms with E-state index in [-0.39, 0.29) is 11.4 Å². The first-order chi connectivity index (χ1) is 11.4. The molecule has 7 heteroatoms. The van der Waals surface area contributed by atoms with Crippen molar-refractivity contribution in [1.29, 1.82) is 0 Å². The molecule has 4 N–H and O–H groups in total. The first kappa shape index (κ1) is 15.9. The van der Waals surface area contributed by atoms with E-state index in [4.69, 9.17) is 10.5 Å². The molecular weight excluding hydrogens is 304 g/mol. The summed E-state index contributed by atoms with van der Waals surface area (Å²) >= 11 is 0. The number of rotatable bonds is 4. The molecule has 0 atom stereocenters. The smallest absolute Gasteiger partial charge is 0.248 e. The van der Waals surface area contributed by atoms with Gasteiger partial charge >= 0.3 is 0 Å². The highest BCUT2D eigenvalue weighted by Crippen LogP contribution is 2.32. The highest BCUT2D eigenvalue weighted by Gasteiger charge is 2.14. The third kappa shape index (κ3) is 3.52. The average molecular weight is 324 g/mol. The van der Waals surface area contributed by atoms with Crippen LogP contribution in [-0.2, 0) is 0 Å². The van der Waals surface area contributed by atoms with Gasteiger partial charge in [-0.3, -0.25) is 4.98 Å². The number of nitrogens with two attached hydrogens (primary N) is 1. The quantitative estimate of drug-likeness (QED) is 0.634. The fraction of sp³-hybridized carbons (Fsp3) is 0.235. The minimum atomic E-state index is -0.141. The highest BCUT2D eigenvalue weighted by atomic mass is 16.5. The molecule has 24 heavy (non-hydrogen) atoms. The normalized spacial score (nSPS) is 11.5. The van der Waals surface area contributed by atoms with Crippen LogP contribution in [0.3, 0.4) is 0 Å². The van der Waals surface area contributed by atoms with E-state index in [1.807, 2.05) is 51.1 Å². The van der Waals surface area contributed by atoms with E-state index in [9.17, 15) is 0 Å². The number of hydrogen-bond donors (Lipinski definition) is 3. The second kappa shape index (κ2) is 6.29. The first-order valence-electron chi connectivity index (χ1n) is 7.59. The number of fused-ring (bicyclic) bond motifs is 1. The molecule has 2 heterocycles. The van der Waals surface area contributed by atoms with Gasteiger partial charge in [-0.05, 0) is 32.9 Å². The zero-order valence-corrected chi connectivity index (χ0v) is 13.9. The molecule has 1 aromatic carbocycles. The summed E-state index contributed by atoms with van der Waals surface area (Å²) in [5.74, 6) is 1.33. The maximum atomic E-state index is 6.13. The predicted molar refractivity (Wildman–Crippen MR) is 94.8 cm³/mol. The number of para-hydroxylation sites is 1. The van der Waals surface area contributed by atoms with Crippen LogP contribution in [0.5, 0.6) is 11.6 Å². The monoisotopic (exact) mass is 324 g/mol. The SMILES string of the molecule is CC(C)(C)NNc1ncnc(Oc2cccc3cccnc23)c1N. The van der Waals surface area contributed by atoms with Gasteiger partial charge in [-0.25, -0.2) is 10.4 Å². The topological polar surface area (TPSA) is 98.0 Å². The van der Waals surface area contributed by atoms with E-state index in [0.717, 1.165) is 10.9 Å². The van der Waals surface area contributed by atoms with E-state index >= 15 is 0 Å². The minimum absolute atomic E-state index is 0.141. The molecule has 0 fully saturated rings. The summed E-state index contributed by atoms with van der Waals surface area (Å²) < 4.78 is 5.89. The Hall–Kier alpha value is -2.93. The van der Waals surface area contributed by atoms with Gasteiger partial charge in [0.25, 0.3) is 0 Å². The van der Waals surface area contributed by atoms with Gasteiger partial charge in [-0.2, -0.15) is 4.98 Å². The number of nitrogen functional groups attached to an aromatic ring is 1. The Morgan fingerprint density at radius 1 is 1.04 bits per heavy atom. The largest absolute Gasteiger partial charge is 0.435 e. The lowest BCUT2D eigenvalue weighted by atomic mass is 10.1. The Bertz CT molecular complexity index is 854. The molecule has 0 unspecified atom stereocenters. The lowest BCUT2D eigenvalue weighted by Crippen LogP contribution is -2.40. The number of aromatic nitrogens is 3. The molecule has 0 aliphatic heterocycles. The van der Waals surface area contributed by atoms with Crippen molar-refractivity contribution in [2.75, 3.05) is 11.2 Å². The van der Waals surface area contributed by atoms with Gasteiger partial charge in [0, 0.05) is 17.1 Å². The van der Waals surface area contributed by atoms with Crippen molar-refractivity contribution in [2.45, 2.75) is 26.3 Å². The van der Waals surface area contributed by atoms with Crippen LogP contribution in [0.15, 0.2) is 42.9 Å². The lowest BCUT2D eigenvalue weighted by Gasteiger charge is -2.22. The molecule has 0 radical (unpaired) electrons. The molecule has 0 saturated carbocycles. The van der Waals surface area contributed by atoms with Crippen LogP contribution in [0.1, 0.15) is 20.8 Å². The summed E-state index contributed by atoms with van der Waals surface area (Å²) in [5.41, 5.74) is 13.2. The van der Waals surface area contributed by atoms with E-state index in [2.05, 4.69) is 25.8 Å². The van der Waals surface area contributed by atoms with Gasteiger partial charge in [0.1, 0.15) is 17.5 Å². The lowest BCUT2D eigenvalue weighted by molar-refractivity contribution is 0.459. The summed E-state index contributed by atoms with van der Waals surface area (Å²) in [6, 6.07) is 9.55. The summed E-state index contributed by atoms with van der Waals surface area (Å²) in [4.78, 5) is 12.6. The molecule has 124 valence electrons. The second-order valence-electron chi connectivity index (χ2n) is 6.37. The van der Waals surface area contributed by atoms with E-state index in [1.54, 1.807) is 6.20 Å². The van der Waals surface area contributed by atoms with Crippen molar-refractivity contribution in [3.05, 3.63) is 42.9 Å². The van der Waals surface area contributed by atoms with Crippen LogP contribution in [0.2, 0.25) is 0 Å². The number of anilines is 2. The van der Waals surface area contributed by atoms with E-state index in [0.29, 0.717) is 17.3 Å². The Labute approximate surface area is 140 Å². The fourth-order valence-corrected chi connectivity index (χ4v) is 2.07. The molecule has 3 rings (SSSR count). The number of pyridine rings is 1. The van der Waals surface area contributed by atoms with Gasteiger partial charge < -0.3 is 15.9 Å². The van der Waals surface area contributed by atoms with E-state index < -0.39 is 0 Å². The van der Waals surface area contributed by atoms with Gasteiger partial charge in [-0.1, -0.05) is 18.2 Å². The van der Waals surface area contributed by atoms with Crippen LogP contribution >= 0.6 is 0 Å². The highest BCUT2D eigenvalue weighted by molar-refractivity contribution is 5.84. The van der Waals surface area contributed by atoms with Crippen molar-refractivity contribution < 1.29 is 4.74 Å². The van der Waals surface area contributed by atoms with Crippen LogP contribution in [0.25, 0.3) is 10.9 Å². The van der Waals surface area contributed by atoms with Crippen LogP contribution in [0, 0.1) is 0 Å². The molecule has 0 amide bonds. The Kier molecular flexibility index (Phi) is 4.18. The predicted octanol–water partition coefficient (Wildman–Crippen LogP) is 3.11. The summed E-state index contributed by atoms with van der Waals surface area (Å²) in [6.07, 6.45) is 3.12. The van der Waals surface area contributed by atoms with Gasteiger partial charge in [-0.15, -0.1) is 0 Å². The molecule has 3 aromatic rings. The van der Waals surface area contributed by atoms with Crippen LogP contribution in [-0.4, -0.2) is 20.5 Å². The Morgan fingerprint density at radius 3 is 2.62 bits per heavy atom. The molecule has 7 nitrogen and oxygen atoms in total. The molecule has 0 bridgehead atoms. The van der Waals surface area contributed by atoms with Crippen molar-refractivity contribution in [3.63, 3.8) is 0 Å². The maximum absolute atomic E-state index is 6.13. The van der Waals surface area contributed by atoms with Crippen molar-refractivity contribution >= 4 is 22.4 Å². The average Bonchev–Trinajstić information content (AvgIpc) is 2.55. The molecular formula is C17H20N6O. The number of hydrogen-bond acceptors (Lipinski definition) is 7. The number of nitrogens with one attached hydrogen (secondary N) is 2. The zero-order valence-electron chi connectivity index (χ0n) is 13.9. The van der Waals surface area contributed by atoms with Crippen molar-refractivity contribution in [3.8, 4) is 11.6 Å². The van der Waals surface area contributed by atoms with Crippen molar-refractivity contribution in [2.24, 2.45) is 0 Å². The Morgan fingerprint density at radius 2 is 1.83 bits per heavy atom. The summed E-state index contributed by atoms with van der Waals surface area (Å²) in [6.45, 7) is 6.07. The fourth-order valence-electron chi connectivity index (χ4n) is 2.07. The zero-order chi connectivity index (χ0) is 17.2. The van der Waals surface area contributed by atoms with E-state index in [1.165, 1.54) is 6.33 Å². The first-order valence-corrected chi connectivity index (χ1v) is 7.59. The molecule has 0 aliphatic carbocycles. The third-order valence-corrected chi connectivity index (χ3v) is 3.21. The molecule has 2 aromatic heterocycles.